The van der Waals surface area contributed by atoms with Gasteiger partial charge < -0.3 is 14.2 Å². The molecule has 0 heterocycles. The normalized spacial score (nSPS) is 12.3. The van der Waals surface area contributed by atoms with E-state index in [-0.39, 0.29) is 29.3 Å². The lowest BCUT2D eigenvalue weighted by atomic mass is 9.99. The van der Waals surface area contributed by atoms with Crippen molar-refractivity contribution < 1.29 is 22.5 Å². The van der Waals surface area contributed by atoms with Crippen molar-refractivity contribution in [3.63, 3.8) is 0 Å². The third-order valence-corrected chi connectivity index (χ3v) is 7.20. The summed E-state index contributed by atoms with van der Waals surface area (Å²) in [7, 11) is -4.69. The number of hydrogen-bond donors (Lipinski definition) is 0. The number of fused-ring (bicyclic) bond motifs is 1. The van der Waals surface area contributed by atoms with Crippen LogP contribution in [0, 0.1) is 0 Å². The second kappa shape index (κ2) is 10.9. The molecule has 1 atom stereocenters. The van der Waals surface area contributed by atoms with E-state index in [0.29, 0.717) is 22.7 Å². The summed E-state index contributed by atoms with van der Waals surface area (Å²) in [5.41, 5.74) is 2.54. The Bertz CT molecular complexity index is 1470. The second-order valence-electron chi connectivity index (χ2n) is 8.72. The van der Waals surface area contributed by atoms with Gasteiger partial charge in [0.25, 0.3) is 5.91 Å². The Hall–Kier alpha value is -3.68. The number of carbonyl (C=O) groups is 1. The number of ether oxygens (including phenoxy) is 1. The van der Waals surface area contributed by atoms with E-state index in [1.807, 2.05) is 54.6 Å². The molecule has 0 spiro atoms. The monoisotopic (exact) mass is 502 g/mol. The summed E-state index contributed by atoms with van der Waals surface area (Å²) in [6, 6.07) is 26.7. The number of carbonyl (C=O) groups excluding carboxylic acids is 1. The number of rotatable bonds is 9. The second-order valence-corrected chi connectivity index (χ2v) is 10.1. The smallest absolute Gasteiger partial charge is 0.265 e. The molecule has 7 heteroatoms. The Morgan fingerprint density at radius 3 is 2.33 bits per heavy atom. The van der Waals surface area contributed by atoms with Crippen LogP contribution in [0.5, 0.6) is 5.75 Å². The van der Waals surface area contributed by atoms with E-state index in [4.69, 9.17) is 4.74 Å². The fourth-order valence-corrected chi connectivity index (χ4v) is 4.85. The predicted octanol–water partition coefficient (Wildman–Crippen LogP) is 5.87. The van der Waals surface area contributed by atoms with Crippen LogP contribution in [0.15, 0.2) is 95.9 Å². The van der Waals surface area contributed by atoms with Crippen LogP contribution in [0.2, 0.25) is 0 Å². The average molecular weight is 503 g/mol. The Kier molecular flexibility index (Phi) is 7.72. The Morgan fingerprint density at radius 2 is 1.61 bits per heavy atom. The SMILES string of the molecule is CCC(C)c1cccc(OCC(=O)N(Cc2ccccc2)c2cccc3c(S(=O)(=O)[O-])cccc23)c1. The first-order valence-electron chi connectivity index (χ1n) is 11.8. The minimum atomic E-state index is -4.69. The zero-order valence-electron chi connectivity index (χ0n) is 20.3. The first-order chi connectivity index (χ1) is 17.3. The fourth-order valence-electron chi connectivity index (χ4n) is 4.16. The minimum absolute atomic E-state index is 0.202. The molecule has 0 aromatic heterocycles. The van der Waals surface area contributed by atoms with Gasteiger partial charge in [-0.1, -0.05) is 80.6 Å². The van der Waals surface area contributed by atoms with E-state index in [9.17, 15) is 17.8 Å². The summed E-state index contributed by atoms with van der Waals surface area (Å²) in [5.74, 6) is 0.690. The third-order valence-electron chi connectivity index (χ3n) is 6.31. The standard InChI is InChI=1S/C29H29NO5S/c1-3-21(2)23-12-7-13-24(18-23)35-20-29(31)30(19-22-10-5-4-6-11-22)27-16-8-15-26-25(27)14-9-17-28(26)36(32,33)34/h4-18,21H,3,19-20H2,1-2H3,(H,32,33,34)/p-1. The van der Waals surface area contributed by atoms with E-state index in [2.05, 4.69) is 13.8 Å². The molecule has 36 heavy (non-hydrogen) atoms. The summed E-state index contributed by atoms with van der Waals surface area (Å²) >= 11 is 0. The highest BCUT2D eigenvalue weighted by Crippen LogP contribution is 2.32. The van der Waals surface area contributed by atoms with Crippen LogP contribution in [0.4, 0.5) is 5.69 Å². The number of anilines is 1. The van der Waals surface area contributed by atoms with Crippen LogP contribution in [0.3, 0.4) is 0 Å². The molecule has 0 N–H and O–H groups in total. The molecule has 186 valence electrons. The van der Waals surface area contributed by atoms with Crippen LogP contribution in [0.25, 0.3) is 10.8 Å². The number of amides is 1. The topological polar surface area (TPSA) is 86.7 Å². The quantitative estimate of drug-likeness (QED) is 0.267. The van der Waals surface area contributed by atoms with Crippen molar-refractivity contribution in [1.82, 2.24) is 0 Å². The molecular formula is C29H28NO5S-. The van der Waals surface area contributed by atoms with Crippen molar-refractivity contribution in [1.29, 1.82) is 0 Å². The van der Waals surface area contributed by atoms with Gasteiger partial charge in [-0.25, -0.2) is 8.42 Å². The maximum absolute atomic E-state index is 13.5. The first-order valence-corrected chi connectivity index (χ1v) is 13.2. The molecule has 4 aromatic rings. The lowest BCUT2D eigenvalue weighted by Crippen LogP contribution is -2.34. The van der Waals surface area contributed by atoms with Gasteiger partial charge in [-0.2, -0.15) is 0 Å². The highest BCUT2D eigenvalue weighted by Gasteiger charge is 2.21. The molecule has 0 saturated carbocycles. The zero-order valence-corrected chi connectivity index (χ0v) is 21.1. The van der Waals surface area contributed by atoms with Gasteiger partial charge in [0.2, 0.25) is 0 Å². The molecular weight excluding hydrogens is 474 g/mol. The van der Waals surface area contributed by atoms with Gasteiger partial charge in [-0.15, -0.1) is 0 Å². The molecule has 4 aromatic carbocycles. The van der Waals surface area contributed by atoms with Gasteiger partial charge in [0.1, 0.15) is 15.9 Å². The number of benzene rings is 4. The van der Waals surface area contributed by atoms with Gasteiger partial charge in [-0.05, 0) is 47.7 Å². The molecule has 0 aliphatic carbocycles. The maximum atomic E-state index is 13.5. The summed E-state index contributed by atoms with van der Waals surface area (Å²) in [6.45, 7) is 4.32. The lowest BCUT2D eigenvalue weighted by Gasteiger charge is -2.25. The largest absolute Gasteiger partial charge is 0.744 e. The van der Waals surface area contributed by atoms with Gasteiger partial charge in [0.15, 0.2) is 6.61 Å². The molecule has 0 bridgehead atoms. The predicted molar refractivity (Wildman–Crippen MR) is 140 cm³/mol. The summed E-state index contributed by atoms with van der Waals surface area (Å²) in [4.78, 5) is 14.8. The first kappa shape index (κ1) is 25.4. The highest BCUT2D eigenvalue weighted by atomic mass is 32.2. The van der Waals surface area contributed by atoms with Crippen molar-refractivity contribution in [2.24, 2.45) is 0 Å². The van der Waals surface area contributed by atoms with Crippen molar-refractivity contribution in [2.75, 3.05) is 11.5 Å². The Morgan fingerprint density at radius 1 is 0.917 bits per heavy atom. The Labute approximate surface area is 211 Å². The van der Waals surface area contributed by atoms with Crippen molar-refractivity contribution in [3.8, 4) is 5.75 Å². The van der Waals surface area contributed by atoms with E-state index < -0.39 is 10.1 Å². The van der Waals surface area contributed by atoms with E-state index in [0.717, 1.165) is 17.5 Å². The van der Waals surface area contributed by atoms with Crippen LogP contribution >= 0.6 is 0 Å². The van der Waals surface area contributed by atoms with Crippen LogP contribution in [-0.4, -0.2) is 25.5 Å². The molecule has 0 radical (unpaired) electrons. The molecule has 0 fully saturated rings. The highest BCUT2D eigenvalue weighted by molar-refractivity contribution is 7.86. The summed E-state index contributed by atoms with van der Waals surface area (Å²) < 4.78 is 41.5. The fraction of sp³-hybridized carbons (Fsp3) is 0.207. The van der Waals surface area contributed by atoms with Gasteiger partial charge in [0.05, 0.1) is 17.1 Å². The lowest BCUT2D eigenvalue weighted by molar-refractivity contribution is -0.120. The average Bonchev–Trinajstić information content (AvgIpc) is 2.89. The van der Waals surface area contributed by atoms with Crippen LogP contribution in [-0.2, 0) is 21.5 Å². The van der Waals surface area contributed by atoms with E-state index in [1.54, 1.807) is 29.2 Å². The van der Waals surface area contributed by atoms with Crippen molar-refractivity contribution in [2.45, 2.75) is 37.6 Å². The zero-order chi connectivity index (χ0) is 25.7. The van der Waals surface area contributed by atoms with Gasteiger partial charge >= 0.3 is 0 Å². The molecule has 0 aliphatic rings. The van der Waals surface area contributed by atoms with E-state index >= 15 is 0 Å². The Balaban J connectivity index is 1.70. The molecule has 6 nitrogen and oxygen atoms in total. The van der Waals surface area contributed by atoms with E-state index in [1.165, 1.54) is 12.1 Å². The molecule has 1 amide bonds. The summed E-state index contributed by atoms with van der Waals surface area (Å²) in [5, 5.41) is 0.774. The number of hydrogen-bond acceptors (Lipinski definition) is 5. The molecule has 4 rings (SSSR count). The maximum Gasteiger partial charge on any atom is 0.265 e. The molecule has 1 unspecified atom stereocenters. The van der Waals surface area contributed by atoms with Gasteiger partial charge in [0, 0.05) is 10.8 Å². The van der Waals surface area contributed by atoms with Crippen LogP contribution < -0.4 is 9.64 Å². The molecule has 0 aliphatic heterocycles. The minimum Gasteiger partial charge on any atom is -0.744 e. The number of nitrogens with zero attached hydrogens (tertiary/aromatic N) is 1. The molecule has 0 saturated heterocycles. The van der Waals surface area contributed by atoms with Crippen molar-refractivity contribution in [3.05, 3.63) is 102 Å². The van der Waals surface area contributed by atoms with Gasteiger partial charge in [-0.3, -0.25) is 4.79 Å². The summed E-state index contributed by atoms with van der Waals surface area (Å²) in [6.07, 6.45) is 0.995. The van der Waals surface area contributed by atoms with Crippen LogP contribution in [0.1, 0.15) is 37.3 Å². The van der Waals surface area contributed by atoms with Crippen molar-refractivity contribution >= 4 is 32.5 Å². The third kappa shape index (κ3) is 5.75.